The first-order chi connectivity index (χ1) is 20.8. The van der Waals surface area contributed by atoms with Gasteiger partial charge in [0.25, 0.3) is 0 Å². The van der Waals surface area contributed by atoms with Crippen molar-refractivity contribution >= 4 is 64.4 Å². The molecule has 2 aromatic carbocycles. The van der Waals surface area contributed by atoms with Gasteiger partial charge in [-0.3, -0.25) is 9.59 Å². The summed E-state index contributed by atoms with van der Waals surface area (Å²) in [5.74, 6) is -0.363. The summed E-state index contributed by atoms with van der Waals surface area (Å²) in [7, 11) is -6.74. The van der Waals surface area contributed by atoms with Crippen molar-refractivity contribution in [2.45, 2.75) is 60.2 Å². The highest BCUT2D eigenvalue weighted by Crippen LogP contribution is 2.43. The van der Waals surface area contributed by atoms with Crippen LogP contribution in [0.1, 0.15) is 58.7 Å². The van der Waals surface area contributed by atoms with E-state index in [1.165, 1.54) is 46.9 Å². The second-order valence-corrected chi connectivity index (χ2v) is 16.8. The Hall–Kier alpha value is -3.60. The molecule has 1 saturated carbocycles. The fourth-order valence-corrected chi connectivity index (χ4v) is 8.20. The fourth-order valence-electron chi connectivity index (χ4n) is 5.01. The molecule has 0 radical (unpaired) electrons. The highest BCUT2D eigenvalue weighted by Gasteiger charge is 2.29. The number of carbonyl (C=O) groups excluding carboxylic acids is 2. The SMILES string of the molecule is CS(=O)(=O)c1cccc(CC(=O)Nc2nnc([C@@H]3CCC[C@@H](c4nnc(NC(=O)Cc5cccc(S(C)(=O)=O)c5)s4)C3)s2)c1. The van der Waals surface area contributed by atoms with Gasteiger partial charge in [-0.25, -0.2) is 16.8 Å². The van der Waals surface area contributed by atoms with E-state index < -0.39 is 19.7 Å². The Morgan fingerprint density at radius 2 is 1.16 bits per heavy atom. The standard InChI is InChI=1S/C28H30N6O6S4/c1-43(37,38)21-10-3-6-17(12-21)14-23(35)29-27-33-31-25(41-27)19-8-5-9-20(16-19)26-32-34-28(42-26)30-24(36)15-18-7-4-11-22(13-18)44(2,39)40/h3-4,6-7,10-13,19-20H,5,8-9,14-16H2,1-2H3,(H,29,33,35)(H,30,34,36)/t19-,20-/m1/s1. The van der Waals surface area contributed by atoms with Crippen LogP contribution in [-0.4, -0.2) is 61.6 Å². The molecule has 44 heavy (non-hydrogen) atoms. The highest BCUT2D eigenvalue weighted by molar-refractivity contribution is 7.91. The minimum atomic E-state index is -3.37. The van der Waals surface area contributed by atoms with Gasteiger partial charge in [0.2, 0.25) is 22.1 Å². The van der Waals surface area contributed by atoms with E-state index in [0.29, 0.717) is 21.4 Å². The van der Waals surface area contributed by atoms with Crippen LogP contribution in [0, 0.1) is 0 Å². The lowest BCUT2D eigenvalue weighted by Crippen LogP contribution is -2.14. The number of carbonyl (C=O) groups is 2. The number of hydrogen-bond acceptors (Lipinski definition) is 12. The molecule has 2 amide bonds. The van der Waals surface area contributed by atoms with Crippen LogP contribution in [0.25, 0.3) is 0 Å². The third-order valence-corrected chi connectivity index (χ3v) is 11.4. The summed E-state index contributed by atoms with van der Waals surface area (Å²) in [6.07, 6.45) is 5.84. The molecule has 1 fully saturated rings. The number of nitrogens with one attached hydrogen (secondary N) is 2. The van der Waals surface area contributed by atoms with Crippen LogP contribution < -0.4 is 10.6 Å². The lowest BCUT2D eigenvalue weighted by Gasteiger charge is -2.25. The van der Waals surface area contributed by atoms with Gasteiger partial charge >= 0.3 is 0 Å². The molecule has 0 unspecified atom stereocenters. The minimum Gasteiger partial charge on any atom is -0.300 e. The fraction of sp³-hybridized carbons (Fsp3) is 0.357. The molecule has 232 valence electrons. The van der Waals surface area contributed by atoms with Crippen LogP contribution in [0.15, 0.2) is 58.3 Å². The summed E-state index contributed by atoms with van der Waals surface area (Å²) in [6.45, 7) is 0. The Labute approximate surface area is 263 Å². The van der Waals surface area contributed by atoms with Gasteiger partial charge < -0.3 is 10.6 Å². The molecule has 2 aromatic heterocycles. The largest absolute Gasteiger partial charge is 0.300 e. The molecule has 0 spiro atoms. The Morgan fingerprint density at radius 1 is 0.727 bits per heavy atom. The molecular formula is C28H30N6O6S4. The van der Waals surface area contributed by atoms with Gasteiger partial charge in [-0.2, -0.15) is 0 Å². The van der Waals surface area contributed by atoms with Gasteiger partial charge in [0.05, 0.1) is 22.6 Å². The van der Waals surface area contributed by atoms with Crippen LogP contribution >= 0.6 is 22.7 Å². The monoisotopic (exact) mass is 674 g/mol. The van der Waals surface area contributed by atoms with E-state index >= 15 is 0 Å². The van der Waals surface area contributed by atoms with Gasteiger partial charge in [0.1, 0.15) is 10.0 Å². The predicted octanol–water partition coefficient (Wildman–Crippen LogP) is 4.00. The molecule has 12 nitrogen and oxygen atoms in total. The van der Waals surface area contributed by atoms with Crippen LogP contribution in [-0.2, 0) is 42.1 Å². The normalized spacial score (nSPS) is 17.2. The number of amides is 2. The topological polar surface area (TPSA) is 178 Å². The van der Waals surface area contributed by atoms with E-state index in [1.807, 2.05) is 0 Å². The van der Waals surface area contributed by atoms with Crippen molar-refractivity contribution in [1.29, 1.82) is 0 Å². The van der Waals surface area contributed by atoms with Crippen molar-refractivity contribution in [1.82, 2.24) is 20.4 Å². The van der Waals surface area contributed by atoms with Crippen molar-refractivity contribution in [2.24, 2.45) is 0 Å². The zero-order chi connectivity index (χ0) is 31.5. The van der Waals surface area contributed by atoms with E-state index in [-0.39, 0.29) is 46.3 Å². The number of rotatable bonds is 10. The van der Waals surface area contributed by atoms with E-state index in [1.54, 1.807) is 24.3 Å². The Bertz CT molecular complexity index is 1770. The molecular weight excluding hydrogens is 645 g/mol. The average molecular weight is 675 g/mol. The lowest BCUT2D eigenvalue weighted by atomic mass is 9.82. The summed E-state index contributed by atoms with van der Waals surface area (Å²) in [5, 5.41) is 24.9. The third-order valence-electron chi connectivity index (χ3n) is 7.13. The predicted molar refractivity (Wildman–Crippen MR) is 168 cm³/mol. The first kappa shape index (κ1) is 31.8. The first-order valence-electron chi connectivity index (χ1n) is 13.7. The maximum Gasteiger partial charge on any atom is 0.230 e. The zero-order valence-electron chi connectivity index (χ0n) is 23.9. The number of nitrogens with zero attached hydrogens (tertiary/aromatic N) is 4. The van der Waals surface area contributed by atoms with E-state index in [0.717, 1.165) is 48.2 Å². The number of benzene rings is 2. The van der Waals surface area contributed by atoms with Crippen LogP contribution in [0.5, 0.6) is 0 Å². The summed E-state index contributed by atoms with van der Waals surface area (Å²) in [5.41, 5.74) is 1.16. The highest BCUT2D eigenvalue weighted by atomic mass is 32.2. The molecule has 16 heteroatoms. The van der Waals surface area contributed by atoms with Gasteiger partial charge in [-0.05, 0) is 54.7 Å². The Kier molecular flexibility index (Phi) is 9.53. The molecule has 2 atom stereocenters. The summed E-state index contributed by atoms with van der Waals surface area (Å²) in [6, 6.07) is 12.6. The molecule has 0 aliphatic heterocycles. The van der Waals surface area contributed by atoms with Gasteiger partial charge in [-0.1, -0.05) is 53.4 Å². The third kappa shape index (κ3) is 8.31. The zero-order valence-corrected chi connectivity index (χ0v) is 27.2. The van der Waals surface area contributed by atoms with Crippen molar-refractivity contribution in [3.8, 4) is 0 Å². The van der Waals surface area contributed by atoms with Crippen LogP contribution in [0.3, 0.4) is 0 Å². The number of hydrogen-bond donors (Lipinski definition) is 2. The number of sulfone groups is 2. The second-order valence-electron chi connectivity index (χ2n) is 10.7. The van der Waals surface area contributed by atoms with Crippen LogP contribution in [0.2, 0.25) is 0 Å². The van der Waals surface area contributed by atoms with Crippen molar-refractivity contribution in [3.63, 3.8) is 0 Å². The number of anilines is 2. The second kappa shape index (κ2) is 13.2. The molecule has 1 aliphatic rings. The van der Waals surface area contributed by atoms with Crippen molar-refractivity contribution in [3.05, 3.63) is 69.7 Å². The minimum absolute atomic E-state index is 0.00668. The summed E-state index contributed by atoms with van der Waals surface area (Å²) in [4.78, 5) is 25.5. The molecule has 4 aromatic rings. The van der Waals surface area contributed by atoms with Gasteiger partial charge in [0.15, 0.2) is 19.7 Å². The van der Waals surface area contributed by atoms with Crippen LogP contribution in [0.4, 0.5) is 10.3 Å². The lowest BCUT2D eigenvalue weighted by molar-refractivity contribution is -0.116. The van der Waals surface area contributed by atoms with Crippen molar-refractivity contribution < 1.29 is 26.4 Å². The van der Waals surface area contributed by atoms with E-state index in [4.69, 9.17) is 0 Å². The first-order valence-corrected chi connectivity index (χ1v) is 19.1. The maximum atomic E-state index is 12.6. The molecule has 5 rings (SSSR count). The van der Waals surface area contributed by atoms with Crippen molar-refractivity contribution in [2.75, 3.05) is 23.1 Å². The molecule has 1 aliphatic carbocycles. The Morgan fingerprint density at radius 3 is 1.57 bits per heavy atom. The average Bonchev–Trinajstić information content (AvgIpc) is 3.62. The molecule has 0 saturated heterocycles. The van der Waals surface area contributed by atoms with E-state index in [2.05, 4.69) is 31.0 Å². The smallest absolute Gasteiger partial charge is 0.230 e. The number of aromatic nitrogens is 4. The van der Waals surface area contributed by atoms with Gasteiger partial charge in [-0.15, -0.1) is 20.4 Å². The molecule has 0 bridgehead atoms. The molecule has 2 heterocycles. The molecule has 2 N–H and O–H groups in total. The summed E-state index contributed by atoms with van der Waals surface area (Å²) >= 11 is 2.65. The Balaban J connectivity index is 1.16. The van der Waals surface area contributed by atoms with Gasteiger partial charge in [0, 0.05) is 24.3 Å². The summed E-state index contributed by atoms with van der Waals surface area (Å²) < 4.78 is 47.2. The quantitative estimate of drug-likeness (QED) is 0.250. The van der Waals surface area contributed by atoms with E-state index in [9.17, 15) is 26.4 Å². The maximum absolute atomic E-state index is 12.6.